The Morgan fingerprint density at radius 1 is 1.00 bits per heavy atom. The zero-order valence-electron chi connectivity index (χ0n) is 16.7. The van der Waals surface area contributed by atoms with Crippen molar-refractivity contribution in [3.05, 3.63) is 88.9 Å². The molecule has 1 heterocycles. The number of nitriles is 1. The van der Waals surface area contributed by atoms with Crippen molar-refractivity contribution in [3.63, 3.8) is 0 Å². The minimum absolute atomic E-state index is 0.0608. The fraction of sp³-hybridized carbons (Fsp3) is 0.174. The maximum Gasteiger partial charge on any atom is 0.135 e. The summed E-state index contributed by atoms with van der Waals surface area (Å²) in [7, 11) is -2.41. The van der Waals surface area contributed by atoms with Crippen LogP contribution in [0.25, 0.3) is 11.3 Å². The Kier molecular flexibility index (Phi) is 5.90. The van der Waals surface area contributed by atoms with E-state index >= 15 is 0 Å². The standard InChI is InChI=1S/C23H19F3N2OSi/c1-30(2,3)23(29)22(17-11-14(13-27)7-10-18(17)25)21-6-4-5-20(28-21)16-9-8-15(24)12-19(16)26/h4-12,22H,1-3H3. The first-order chi connectivity index (χ1) is 14.1. The lowest BCUT2D eigenvalue weighted by molar-refractivity contribution is -0.113. The quantitative estimate of drug-likeness (QED) is 0.500. The van der Waals surface area contributed by atoms with Gasteiger partial charge in [-0.1, -0.05) is 25.7 Å². The highest BCUT2D eigenvalue weighted by molar-refractivity contribution is 7.04. The van der Waals surface area contributed by atoms with Gasteiger partial charge in [0.25, 0.3) is 0 Å². The molecule has 0 spiro atoms. The van der Waals surface area contributed by atoms with Gasteiger partial charge in [-0.3, -0.25) is 4.98 Å². The molecule has 0 radical (unpaired) electrons. The second-order valence-corrected chi connectivity index (χ2v) is 13.0. The summed E-state index contributed by atoms with van der Waals surface area (Å²) in [6.07, 6.45) is 0. The third-order valence-corrected chi connectivity index (χ3v) is 6.48. The first-order valence-electron chi connectivity index (χ1n) is 9.28. The highest BCUT2D eigenvalue weighted by atomic mass is 28.3. The van der Waals surface area contributed by atoms with E-state index in [0.29, 0.717) is 0 Å². The number of carbonyl (C=O) groups is 1. The molecule has 0 aliphatic heterocycles. The number of rotatable bonds is 5. The van der Waals surface area contributed by atoms with Crippen LogP contribution in [0.4, 0.5) is 13.2 Å². The first-order valence-corrected chi connectivity index (χ1v) is 12.8. The lowest BCUT2D eigenvalue weighted by Gasteiger charge is -2.24. The summed E-state index contributed by atoms with van der Waals surface area (Å²) in [5.41, 5.74) is 0.808. The van der Waals surface area contributed by atoms with Crippen molar-refractivity contribution in [2.24, 2.45) is 0 Å². The van der Waals surface area contributed by atoms with Gasteiger partial charge in [0.15, 0.2) is 0 Å². The molecule has 152 valence electrons. The zero-order chi connectivity index (χ0) is 22.1. The zero-order valence-corrected chi connectivity index (χ0v) is 17.7. The number of carbonyl (C=O) groups excluding carboxylic acids is 1. The molecule has 1 atom stereocenters. The third-order valence-electron chi connectivity index (χ3n) is 4.71. The summed E-state index contributed by atoms with van der Waals surface area (Å²) >= 11 is 0. The molecule has 1 unspecified atom stereocenters. The van der Waals surface area contributed by atoms with Crippen LogP contribution < -0.4 is 0 Å². The van der Waals surface area contributed by atoms with E-state index in [2.05, 4.69) is 4.98 Å². The van der Waals surface area contributed by atoms with Crippen LogP contribution in [0.15, 0.2) is 54.6 Å². The van der Waals surface area contributed by atoms with Crippen LogP contribution in [0.2, 0.25) is 19.6 Å². The molecule has 0 aliphatic rings. The summed E-state index contributed by atoms with van der Waals surface area (Å²) in [5.74, 6) is -3.15. The Bertz CT molecular complexity index is 1170. The van der Waals surface area contributed by atoms with Gasteiger partial charge in [-0.2, -0.15) is 5.26 Å². The lowest BCUT2D eigenvalue weighted by atomic mass is 9.93. The molecule has 2 aromatic carbocycles. The maximum absolute atomic E-state index is 14.7. The Morgan fingerprint density at radius 3 is 2.37 bits per heavy atom. The highest BCUT2D eigenvalue weighted by Gasteiger charge is 2.36. The van der Waals surface area contributed by atoms with Crippen LogP contribution in [0.3, 0.4) is 0 Å². The van der Waals surface area contributed by atoms with Crippen LogP contribution in [0.1, 0.15) is 22.7 Å². The van der Waals surface area contributed by atoms with Gasteiger partial charge >= 0.3 is 0 Å². The fourth-order valence-electron chi connectivity index (χ4n) is 3.16. The van der Waals surface area contributed by atoms with Crippen molar-refractivity contribution >= 4 is 13.5 Å². The molecule has 3 aromatic rings. The number of benzene rings is 2. The summed E-state index contributed by atoms with van der Waals surface area (Å²) in [4.78, 5) is 17.8. The number of nitrogens with zero attached hydrogens (tertiary/aromatic N) is 2. The van der Waals surface area contributed by atoms with Gasteiger partial charge in [-0.25, -0.2) is 13.2 Å². The van der Waals surface area contributed by atoms with Crippen molar-refractivity contribution in [1.29, 1.82) is 5.26 Å². The van der Waals surface area contributed by atoms with Gasteiger partial charge in [0.05, 0.1) is 28.9 Å². The molecular weight excluding hydrogens is 405 g/mol. The molecule has 0 amide bonds. The minimum Gasteiger partial charge on any atom is -0.304 e. The van der Waals surface area contributed by atoms with E-state index in [9.17, 15) is 23.2 Å². The highest BCUT2D eigenvalue weighted by Crippen LogP contribution is 2.32. The molecular formula is C23H19F3N2OSi. The molecule has 0 bridgehead atoms. The average molecular weight is 424 g/mol. The second kappa shape index (κ2) is 8.25. The van der Waals surface area contributed by atoms with Crippen LogP contribution in [0, 0.1) is 28.8 Å². The van der Waals surface area contributed by atoms with Gasteiger partial charge in [0.1, 0.15) is 30.9 Å². The first kappa shape index (κ1) is 21.5. The van der Waals surface area contributed by atoms with E-state index in [-0.39, 0.29) is 33.5 Å². The summed E-state index contributed by atoms with van der Waals surface area (Å²) in [6.45, 7) is 5.54. The van der Waals surface area contributed by atoms with E-state index in [1.807, 2.05) is 25.7 Å². The normalized spacial score (nSPS) is 12.3. The topological polar surface area (TPSA) is 53.8 Å². The molecule has 3 nitrogen and oxygen atoms in total. The van der Waals surface area contributed by atoms with E-state index in [1.54, 1.807) is 12.1 Å². The predicted molar refractivity (Wildman–Crippen MR) is 111 cm³/mol. The largest absolute Gasteiger partial charge is 0.304 e. The Hall–Kier alpha value is -3.24. The van der Waals surface area contributed by atoms with E-state index in [4.69, 9.17) is 0 Å². The number of halogens is 3. The fourth-order valence-corrected chi connectivity index (χ4v) is 4.33. The number of hydrogen-bond donors (Lipinski definition) is 0. The van der Waals surface area contributed by atoms with Crippen molar-refractivity contribution in [2.75, 3.05) is 0 Å². The number of hydrogen-bond acceptors (Lipinski definition) is 3. The Labute approximate surface area is 173 Å². The molecule has 7 heteroatoms. The van der Waals surface area contributed by atoms with E-state index < -0.39 is 31.4 Å². The van der Waals surface area contributed by atoms with Crippen LogP contribution in [-0.4, -0.2) is 18.5 Å². The molecule has 1 aromatic heterocycles. The van der Waals surface area contributed by atoms with Gasteiger partial charge < -0.3 is 4.79 Å². The van der Waals surface area contributed by atoms with Crippen molar-refractivity contribution in [2.45, 2.75) is 25.6 Å². The monoisotopic (exact) mass is 424 g/mol. The summed E-state index contributed by atoms with van der Waals surface area (Å²) in [6, 6.07) is 13.7. The van der Waals surface area contributed by atoms with Crippen LogP contribution >= 0.6 is 0 Å². The van der Waals surface area contributed by atoms with Crippen LogP contribution in [-0.2, 0) is 4.79 Å². The maximum atomic E-state index is 14.7. The molecule has 0 saturated heterocycles. The smallest absolute Gasteiger partial charge is 0.135 e. The molecule has 0 saturated carbocycles. The second-order valence-electron chi connectivity index (χ2n) is 7.97. The Morgan fingerprint density at radius 2 is 1.73 bits per heavy atom. The number of aromatic nitrogens is 1. The van der Waals surface area contributed by atoms with Gasteiger partial charge in [-0.15, -0.1) is 0 Å². The van der Waals surface area contributed by atoms with E-state index in [0.717, 1.165) is 18.2 Å². The van der Waals surface area contributed by atoms with Crippen molar-refractivity contribution < 1.29 is 18.0 Å². The van der Waals surface area contributed by atoms with Crippen molar-refractivity contribution in [1.82, 2.24) is 4.98 Å². The predicted octanol–water partition coefficient (Wildman–Crippen LogP) is 5.62. The Balaban J connectivity index is 2.21. The van der Waals surface area contributed by atoms with E-state index in [1.165, 1.54) is 24.3 Å². The van der Waals surface area contributed by atoms with Gasteiger partial charge in [0.2, 0.25) is 0 Å². The number of pyridine rings is 1. The van der Waals surface area contributed by atoms with Crippen LogP contribution in [0.5, 0.6) is 0 Å². The van der Waals surface area contributed by atoms with Gasteiger partial charge in [-0.05, 0) is 42.5 Å². The SMILES string of the molecule is C[Si](C)(C)C(=O)C(c1cccc(-c2ccc(F)cc2F)n1)c1cc(C#N)ccc1F. The lowest BCUT2D eigenvalue weighted by Crippen LogP contribution is -2.39. The average Bonchev–Trinajstić information content (AvgIpc) is 2.69. The molecule has 30 heavy (non-hydrogen) atoms. The minimum atomic E-state index is -2.41. The molecule has 0 N–H and O–H groups in total. The molecule has 3 rings (SSSR count). The van der Waals surface area contributed by atoms with Gasteiger partial charge in [0, 0.05) is 17.2 Å². The summed E-state index contributed by atoms with van der Waals surface area (Å²) < 4.78 is 42.3. The third kappa shape index (κ3) is 4.34. The summed E-state index contributed by atoms with van der Waals surface area (Å²) in [5, 5.41) is 9.05. The molecule has 0 fully saturated rings. The van der Waals surface area contributed by atoms with Crippen molar-refractivity contribution in [3.8, 4) is 17.3 Å². The molecule has 0 aliphatic carbocycles.